The summed E-state index contributed by atoms with van der Waals surface area (Å²) in [6.07, 6.45) is 2.46. The molecule has 0 spiro atoms. The first kappa shape index (κ1) is 12.7. The Hall–Kier alpha value is -1.71. The molecule has 4 heteroatoms. The van der Waals surface area contributed by atoms with Crippen molar-refractivity contribution in [1.82, 2.24) is 4.90 Å². The van der Waals surface area contributed by atoms with E-state index >= 15 is 0 Å². The number of amides is 1. The standard InChI is InChI=1S/C14H21N3O/c1-9(2)17(8-10-3-4-10)14(18)11-5-12(15)7-13(16)6-11/h5-7,9-10H,3-4,8,15-16H2,1-2H3. The van der Waals surface area contributed by atoms with E-state index < -0.39 is 0 Å². The fourth-order valence-electron chi connectivity index (χ4n) is 2.07. The molecule has 1 aliphatic carbocycles. The monoisotopic (exact) mass is 247 g/mol. The Balaban J connectivity index is 2.20. The molecule has 2 rings (SSSR count). The van der Waals surface area contributed by atoms with Crippen molar-refractivity contribution in [3.05, 3.63) is 23.8 Å². The van der Waals surface area contributed by atoms with Crippen molar-refractivity contribution in [2.24, 2.45) is 5.92 Å². The van der Waals surface area contributed by atoms with Crippen LogP contribution in [0.25, 0.3) is 0 Å². The minimum Gasteiger partial charge on any atom is -0.399 e. The van der Waals surface area contributed by atoms with Crippen LogP contribution in [0.15, 0.2) is 18.2 Å². The third-order valence-electron chi connectivity index (χ3n) is 3.26. The Labute approximate surface area is 108 Å². The van der Waals surface area contributed by atoms with Crippen LogP contribution in [0, 0.1) is 5.92 Å². The molecule has 0 atom stereocenters. The SMILES string of the molecule is CC(C)N(CC1CC1)C(=O)c1cc(N)cc(N)c1. The van der Waals surface area contributed by atoms with Gasteiger partial charge in [0.25, 0.3) is 5.91 Å². The van der Waals surface area contributed by atoms with Gasteiger partial charge >= 0.3 is 0 Å². The van der Waals surface area contributed by atoms with Crippen molar-refractivity contribution in [3.8, 4) is 0 Å². The van der Waals surface area contributed by atoms with Crippen LogP contribution in [0.5, 0.6) is 0 Å². The van der Waals surface area contributed by atoms with Crippen LogP contribution in [0.2, 0.25) is 0 Å². The highest BCUT2D eigenvalue weighted by Crippen LogP contribution is 2.31. The predicted octanol–water partition coefficient (Wildman–Crippen LogP) is 2.11. The average Bonchev–Trinajstić information content (AvgIpc) is 3.07. The Morgan fingerprint density at radius 1 is 1.28 bits per heavy atom. The minimum absolute atomic E-state index is 0.0240. The zero-order valence-corrected chi connectivity index (χ0v) is 11.0. The fraction of sp³-hybridized carbons (Fsp3) is 0.500. The van der Waals surface area contributed by atoms with Crippen LogP contribution in [0.1, 0.15) is 37.0 Å². The van der Waals surface area contributed by atoms with Crippen molar-refractivity contribution in [1.29, 1.82) is 0 Å². The van der Waals surface area contributed by atoms with E-state index in [1.54, 1.807) is 18.2 Å². The summed E-state index contributed by atoms with van der Waals surface area (Å²) in [4.78, 5) is 14.4. The predicted molar refractivity (Wildman–Crippen MR) is 74.2 cm³/mol. The zero-order valence-electron chi connectivity index (χ0n) is 11.0. The van der Waals surface area contributed by atoms with Gasteiger partial charge in [0.05, 0.1) is 0 Å². The normalized spacial score (nSPS) is 14.8. The summed E-state index contributed by atoms with van der Waals surface area (Å²) in [5, 5.41) is 0. The van der Waals surface area contributed by atoms with Gasteiger partial charge < -0.3 is 16.4 Å². The van der Waals surface area contributed by atoms with E-state index in [-0.39, 0.29) is 11.9 Å². The third kappa shape index (κ3) is 2.94. The van der Waals surface area contributed by atoms with Gasteiger partial charge in [0.2, 0.25) is 0 Å². The van der Waals surface area contributed by atoms with Crippen LogP contribution in [0.3, 0.4) is 0 Å². The quantitative estimate of drug-likeness (QED) is 0.800. The number of rotatable bonds is 4. The molecule has 0 aliphatic heterocycles. The lowest BCUT2D eigenvalue weighted by Crippen LogP contribution is -2.38. The Morgan fingerprint density at radius 3 is 2.28 bits per heavy atom. The first-order valence-corrected chi connectivity index (χ1v) is 6.44. The van der Waals surface area contributed by atoms with E-state index in [2.05, 4.69) is 0 Å². The minimum atomic E-state index is 0.0240. The number of hydrogen-bond donors (Lipinski definition) is 2. The van der Waals surface area contributed by atoms with Crippen LogP contribution >= 0.6 is 0 Å². The summed E-state index contributed by atoms with van der Waals surface area (Å²) in [6, 6.07) is 5.25. The molecule has 98 valence electrons. The molecule has 18 heavy (non-hydrogen) atoms. The number of benzene rings is 1. The summed E-state index contributed by atoms with van der Waals surface area (Å²) in [7, 11) is 0. The van der Waals surface area contributed by atoms with E-state index in [0.717, 1.165) is 6.54 Å². The van der Waals surface area contributed by atoms with Crippen molar-refractivity contribution in [2.45, 2.75) is 32.7 Å². The van der Waals surface area contributed by atoms with E-state index in [1.165, 1.54) is 12.8 Å². The molecule has 1 amide bonds. The molecule has 0 radical (unpaired) electrons. The van der Waals surface area contributed by atoms with Gasteiger partial charge in [-0.2, -0.15) is 0 Å². The molecule has 0 unspecified atom stereocenters. The van der Waals surface area contributed by atoms with Gasteiger partial charge in [-0.15, -0.1) is 0 Å². The summed E-state index contributed by atoms with van der Waals surface area (Å²) in [5.41, 5.74) is 13.1. The van der Waals surface area contributed by atoms with Crippen molar-refractivity contribution >= 4 is 17.3 Å². The molecule has 1 aromatic rings. The van der Waals surface area contributed by atoms with Gasteiger partial charge in [0.15, 0.2) is 0 Å². The van der Waals surface area contributed by atoms with Crippen LogP contribution in [-0.4, -0.2) is 23.4 Å². The zero-order chi connectivity index (χ0) is 13.3. The fourth-order valence-corrected chi connectivity index (χ4v) is 2.07. The van der Waals surface area contributed by atoms with E-state index in [1.807, 2.05) is 18.7 Å². The second-order valence-corrected chi connectivity index (χ2v) is 5.38. The summed E-state index contributed by atoms with van der Waals surface area (Å²) >= 11 is 0. The molecule has 4 N–H and O–H groups in total. The number of nitrogen functional groups attached to an aromatic ring is 2. The highest BCUT2D eigenvalue weighted by molar-refractivity contribution is 5.96. The molecule has 1 aromatic carbocycles. The lowest BCUT2D eigenvalue weighted by Gasteiger charge is -2.27. The maximum Gasteiger partial charge on any atom is 0.254 e. The van der Waals surface area contributed by atoms with Crippen molar-refractivity contribution < 1.29 is 4.79 Å². The molecular weight excluding hydrogens is 226 g/mol. The summed E-state index contributed by atoms with van der Waals surface area (Å²) < 4.78 is 0. The van der Waals surface area contributed by atoms with Crippen LogP contribution < -0.4 is 11.5 Å². The molecule has 0 bridgehead atoms. The number of nitrogens with zero attached hydrogens (tertiary/aromatic N) is 1. The van der Waals surface area contributed by atoms with Crippen LogP contribution in [-0.2, 0) is 0 Å². The molecule has 1 saturated carbocycles. The molecule has 0 saturated heterocycles. The molecule has 1 aliphatic rings. The Bertz CT molecular complexity index is 432. The lowest BCUT2D eigenvalue weighted by molar-refractivity contribution is 0.0696. The number of anilines is 2. The van der Waals surface area contributed by atoms with Crippen molar-refractivity contribution in [2.75, 3.05) is 18.0 Å². The van der Waals surface area contributed by atoms with Gasteiger partial charge in [-0.3, -0.25) is 4.79 Å². The number of nitrogens with two attached hydrogens (primary N) is 2. The van der Waals surface area contributed by atoms with Gasteiger partial charge in [0, 0.05) is 29.5 Å². The average molecular weight is 247 g/mol. The third-order valence-corrected chi connectivity index (χ3v) is 3.26. The topological polar surface area (TPSA) is 72.3 Å². The maximum absolute atomic E-state index is 12.5. The van der Waals surface area contributed by atoms with E-state index in [4.69, 9.17) is 11.5 Å². The van der Waals surface area contributed by atoms with Crippen LogP contribution in [0.4, 0.5) is 11.4 Å². The molecule has 0 heterocycles. The first-order valence-electron chi connectivity index (χ1n) is 6.44. The summed E-state index contributed by atoms with van der Waals surface area (Å²) in [6.45, 7) is 4.91. The maximum atomic E-state index is 12.5. The summed E-state index contributed by atoms with van der Waals surface area (Å²) in [5.74, 6) is 0.700. The second-order valence-electron chi connectivity index (χ2n) is 5.38. The number of carbonyl (C=O) groups excluding carboxylic acids is 1. The molecule has 4 nitrogen and oxygen atoms in total. The van der Waals surface area contributed by atoms with Gasteiger partial charge in [0.1, 0.15) is 0 Å². The Kier molecular flexibility index (Phi) is 3.45. The van der Waals surface area contributed by atoms with E-state index in [0.29, 0.717) is 22.9 Å². The van der Waals surface area contributed by atoms with Gasteiger partial charge in [-0.25, -0.2) is 0 Å². The highest BCUT2D eigenvalue weighted by atomic mass is 16.2. The first-order chi connectivity index (χ1) is 8.47. The van der Waals surface area contributed by atoms with Gasteiger partial charge in [-0.05, 0) is 50.8 Å². The molecule has 1 fully saturated rings. The largest absolute Gasteiger partial charge is 0.399 e. The molecular formula is C14H21N3O. The second kappa shape index (κ2) is 4.88. The van der Waals surface area contributed by atoms with Crippen molar-refractivity contribution in [3.63, 3.8) is 0 Å². The van der Waals surface area contributed by atoms with Gasteiger partial charge in [-0.1, -0.05) is 0 Å². The smallest absolute Gasteiger partial charge is 0.254 e. The Morgan fingerprint density at radius 2 is 1.83 bits per heavy atom. The van der Waals surface area contributed by atoms with E-state index in [9.17, 15) is 4.79 Å². The highest BCUT2D eigenvalue weighted by Gasteiger charge is 2.28. The molecule has 0 aromatic heterocycles. The number of hydrogen-bond acceptors (Lipinski definition) is 3. The lowest BCUT2D eigenvalue weighted by atomic mass is 10.1. The number of carbonyl (C=O) groups is 1.